The van der Waals surface area contributed by atoms with Crippen LogP contribution in [0.5, 0.6) is 0 Å². The Kier molecular flexibility index (Phi) is 6.58. The number of carbonyl (C=O) groups is 2. The van der Waals surface area contributed by atoms with Gasteiger partial charge in [0.1, 0.15) is 5.25 Å². The van der Waals surface area contributed by atoms with Crippen molar-refractivity contribution in [3.05, 3.63) is 35.4 Å². The molecule has 1 unspecified atom stereocenters. The van der Waals surface area contributed by atoms with Gasteiger partial charge in [-0.1, -0.05) is 43.7 Å². The van der Waals surface area contributed by atoms with Crippen LogP contribution in [0.3, 0.4) is 0 Å². The number of hydrogen-bond donors (Lipinski definition) is 2. The first-order valence-corrected chi connectivity index (χ1v) is 7.61. The van der Waals surface area contributed by atoms with Gasteiger partial charge in [-0.3, -0.25) is 9.59 Å². The molecule has 5 heteroatoms. The first-order valence-electron chi connectivity index (χ1n) is 6.56. The van der Waals surface area contributed by atoms with Crippen LogP contribution in [0.25, 0.3) is 0 Å². The number of aliphatic carboxylic acids is 1. The van der Waals surface area contributed by atoms with Gasteiger partial charge < -0.3 is 10.4 Å². The van der Waals surface area contributed by atoms with E-state index in [9.17, 15) is 9.59 Å². The van der Waals surface area contributed by atoms with Crippen LogP contribution in [0, 0.1) is 12.8 Å². The second kappa shape index (κ2) is 7.94. The van der Waals surface area contributed by atoms with Crippen LogP contribution in [0.1, 0.15) is 25.0 Å². The molecule has 0 saturated heterocycles. The van der Waals surface area contributed by atoms with Crippen molar-refractivity contribution in [1.29, 1.82) is 0 Å². The molecule has 1 aromatic rings. The first-order chi connectivity index (χ1) is 9.40. The molecular weight excluding hydrogens is 274 g/mol. The Morgan fingerprint density at radius 3 is 2.35 bits per heavy atom. The van der Waals surface area contributed by atoms with E-state index in [4.69, 9.17) is 5.11 Å². The maximum absolute atomic E-state index is 11.7. The number of rotatable bonds is 7. The lowest BCUT2D eigenvalue weighted by atomic mass is 10.1. The van der Waals surface area contributed by atoms with Gasteiger partial charge in [-0.15, -0.1) is 11.8 Å². The molecule has 0 saturated carbocycles. The highest BCUT2D eigenvalue weighted by Gasteiger charge is 2.22. The van der Waals surface area contributed by atoms with Crippen LogP contribution in [0.4, 0.5) is 0 Å². The molecule has 0 radical (unpaired) electrons. The average Bonchev–Trinajstić information content (AvgIpc) is 2.37. The number of carbonyl (C=O) groups excluding carboxylic acids is 1. The van der Waals surface area contributed by atoms with E-state index < -0.39 is 11.2 Å². The minimum absolute atomic E-state index is 0.00222. The van der Waals surface area contributed by atoms with Gasteiger partial charge in [-0.05, 0) is 18.4 Å². The Balaban J connectivity index is 2.36. The highest BCUT2D eigenvalue weighted by molar-refractivity contribution is 8.01. The van der Waals surface area contributed by atoms with Gasteiger partial charge in [0, 0.05) is 6.54 Å². The normalized spacial score (nSPS) is 12.2. The monoisotopic (exact) mass is 295 g/mol. The van der Waals surface area contributed by atoms with E-state index >= 15 is 0 Å². The molecule has 0 aliphatic rings. The Morgan fingerprint density at radius 1 is 1.25 bits per heavy atom. The average molecular weight is 295 g/mol. The maximum atomic E-state index is 11.7. The summed E-state index contributed by atoms with van der Waals surface area (Å²) in [5, 5.41) is 11.3. The molecule has 0 bridgehead atoms. The van der Waals surface area contributed by atoms with Gasteiger partial charge in [-0.25, -0.2) is 0 Å². The smallest absolute Gasteiger partial charge is 0.316 e. The molecule has 0 spiro atoms. The zero-order valence-corrected chi connectivity index (χ0v) is 12.9. The summed E-state index contributed by atoms with van der Waals surface area (Å²) >= 11 is 1.17. The summed E-state index contributed by atoms with van der Waals surface area (Å²) in [6, 6.07) is 7.93. The van der Waals surface area contributed by atoms with Crippen LogP contribution in [0.15, 0.2) is 24.3 Å². The van der Waals surface area contributed by atoms with Gasteiger partial charge in [-0.2, -0.15) is 0 Å². The number of thioether (sulfide) groups is 1. The molecule has 110 valence electrons. The summed E-state index contributed by atoms with van der Waals surface area (Å²) in [5.41, 5.74) is 2.21. The minimum atomic E-state index is -0.865. The fourth-order valence-corrected chi connectivity index (χ4v) is 2.63. The van der Waals surface area contributed by atoms with Crippen LogP contribution >= 0.6 is 11.8 Å². The van der Waals surface area contributed by atoms with Crippen LogP contribution in [0.2, 0.25) is 0 Å². The van der Waals surface area contributed by atoms with Gasteiger partial charge >= 0.3 is 5.97 Å². The van der Waals surface area contributed by atoms with Crippen molar-refractivity contribution in [2.24, 2.45) is 5.92 Å². The molecule has 1 amide bonds. The lowest BCUT2D eigenvalue weighted by molar-refractivity contribution is -0.137. The minimum Gasteiger partial charge on any atom is -0.480 e. The molecule has 1 atom stereocenters. The number of aryl methyl sites for hydroxylation is 1. The topological polar surface area (TPSA) is 66.4 Å². The molecule has 20 heavy (non-hydrogen) atoms. The second-order valence-corrected chi connectivity index (χ2v) is 6.21. The lowest BCUT2D eigenvalue weighted by Crippen LogP contribution is -2.29. The predicted molar refractivity (Wildman–Crippen MR) is 81.7 cm³/mol. The van der Waals surface area contributed by atoms with Crippen molar-refractivity contribution in [2.75, 3.05) is 5.75 Å². The number of amides is 1. The summed E-state index contributed by atoms with van der Waals surface area (Å²) in [5.74, 6) is -0.831. The van der Waals surface area contributed by atoms with E-state index in [1.54, 1.807) is 0 Å². The van der Waals surface area contributed by atoms with Crippen molar-refractivity contribution in [2.45, 2.75) is 32.6 Å². The zero-order chi connectivity index (χ0) is 15.1. The second-order valence-electron chi connectivity index (χ2n) is 5.08. The quantitative estimate of drug-likeness (QED) is 0.811. The van der Waals surface area contributed by atoms with Gasteiger partial charge in [0.15, 0.2) is 0 Å². The Hall–Kier alpha value is -1.49. The molecule has 4 nitrogen and oxygen atoms in total. The number of carboxylic acid groups (broad SMARTS) is 1. The summed E-state index contributed by atoms with van der Waals surface area (Å²) < 4.78 is 0. The lowest BCUT2D eigenvalue weighted by Gasteiger charge is -2.15. The van der Waals surface area contributed by atoms with Crippen molar-refractivity contribution in [1.82, 2.24) is 5.32 Å². The highest BCUT2D eigenvalue weighted by Crippen LogP contribution is 2.19. The third kappa shape index (κ3) is 5.65. The number of carboxylic acids is 1. The van der Waals surface area contributed by atoms with Gasteiger partial charge in [0.25, 0.3) is 0 Å². The third-order valence-corrected chi connectivity index (χ3v) is 4.39. The summed E-state index contributed by atoms with van der Waals surface area (Å²) in [6.45, 7) is 6.17. The van der Waals surface area contributed by atoms with E-state index in [1.807, 2.05) is 45.0 Å². The Labute approximate surface area is 124 Å². The molecule has 0 aliphatic heterocycles. The number of benzene rings is 1. The summed E-state index contributed by atoms with van der Waals surface area (Å²) in [7, 11) is 0. The number of nitrogens with one attached hydrogen (secondary N) is 1. The molecular formula is C15H21NO3S. The van der Waals surface area contributed by atoms with E-state index in [-0.39, 0.29) is 17.6 Å². The maximum Gasteiger partial charge on any atom is 0.316 e. The summed E-state index contributed by atoms with van der Waals surface area (Å²) in [6.07, 6.45) is 0. The number of hydrogen-bond acceptors (Lipinski definition) is 3. The van der Waals surface area contributed by atoms with Crippen molar-refractivity contribution in [3.63, 3.8) is 0 Å². The molecule has 2 N–H and O–H groups in total. The Morgan fingerprint density at radius 2 is 1.85 bits per heavy atom. The standard InChI is InChI=1S/C15H21NO3S/c1-10(2)14(15(18)19)20-9-13(17)16-8-12-6-4-11(3)5-7-12/h4-7,10,14H,8-9H2,1-3H3,(H,16,17)(H,18,19). The van der Waals surface area contributed by atoms with E-state index in [0.717, 1.165) is 5.56 Å². The largest absolute Gasteiger partial charge is 0.480 e. The van der Waals surface area contributed by atoms with Crippen molar-refractivity contribution >= 4 is 23.6 Å². The Bertz CT molecular complexity index is 457. The van der Waals surface area contributed by atoms with Crippen molar-refractivity contribution < 1.29 is 14.7 Å². The predicted octanol–water partition coefficient (Wildman–Crippen LogP) is 2.45. The SMILES string of the molecule is Cc1ccc(CNC(=O)CSC(C(=O)O)C(C)C)cc1. The van der Waals surface area contributed by atoms with Gasteiger partial charge in [0.05, 0.1) is 5.75 Å². The van der Waals surface area contributed by atoms with Crippen LogP contribution < -0.4 is 5.32 Å². The summed E-state index contributed by atoms with van der Waals surface area (Å²) in [4.78, 5) is 22.7. The van der Waals surface area contributed by atoms with E-state index in [0.29, 0.717) is 6.54 Å². The van der Waals surface area contributed by atoms with E-state index in [2.05, 4.69) is 5.32 Å². The zero-order valence-electron chi connectivity index (χ0n) is 12.1. The van der Waals surface area contributed by atoms with E-state index in [1.165, 1.54) is 17.3 Å². The molecule has 0 aliphatic carbocycles. The fraction of sp³-hybridized carbons (Fsp3) is 0.467. The van der Waals surface area contributed by atoms with Gasteiger partial charge in [0.2, 0.25) is 5.91 Å². The first kappa shape index (κ1) is 16.6. The third-order valence-electron chi connectivity index (χ3n) is 2.85. The molecule has 0 fully saturated rings. The molecule has 1 rings (SSSR count). The molecule has 1 aromatic carbocycles. The van der Waals surface area contributed by atoms with Crippen LogP contribution in [-0.2, 0) is 16.1 Å². The fourth-order valence-electron chi connectivity index (χ4n) is 1.67. The highest BCUT2D eigenvalue weighted by atomic mass is 32.2. The molecule has 0 heterocycles. The van der Waals surface area contributed by atoms with Crippen LogP contribution in [-0.4, -0.2) is 28.0 Å². The molecule has 0 aromatic heterocycles. The van der Waals surface area contributed by atoms with Crippen molar-refractivity contribution in [3.8, 4) is 0 Å².